The molecule has 0 bridgehead atoms. The lowest BCUT2D eigenvalue weighted by Gasteiger charge is -2.08. The van der Waals surface area contributed by atoms with Crippen molar-refractivity contribution >= 4 is 11.3 Å². The van der Waals surface area contributed by atoms with Gasteiger partial charge in [0.15, 0.2) is 0 Å². The average Bonchev–Trinajstić information content (AvgIpc) is 2.65. The van der Waals surface area contributed by atoms with Crippen LogP contribution in [0.4, 0.5) is 0 Å². The number of nitrogens with zero attached hydrogens (tertiary/aromatic N) is 2. The van der Waals surface area contributed by atoms with E-state index in [4.69, 9.17) is 0 Å². The van der Waals surface area contributed by atoms with Crippen LogP contribution in [0.5, 0.6) is 0 Å². The smallest absolute Gasteiger partial charge is 0.115 e. The lowest BCUT2D eigenvalue weighted by molar-refractivity contribution is 0.223. The largest absolute Gasteiger partial charge is 0.383 e. The second-order valence-corrected chi connectivity index (χ2v) is 3.87. The number of hydrogen-bond donors (Lipinski definition) is 1. The third kappa shape index (κ3) is 1.66. The van der Waals surface area contributed by atoms with Crippen LogP contribution in [0.15, 0.2) is 30.0 Å². The third-order valence-electron chi connectivity index (χ3n) is 2.05. The summed E-state index contributed by atoms with van der Waals surface area (Å²) in [5.41, 5.74) is 3.49. The molecule has 0 fully saturated rings. The number of rotatable bonds is 2. The van der Waals surface area contributed by atoms with Gasteiger partial charge in [-0.3, -0.25) is 4.98 Å². The number of pyridine rings is 1. The Bertz CT molecular complexity index is 413. The van der Waals surface area contributed by atoms with E-state index in [2.05, 4.69) is 9.97 Å². The van der Waals surface area contributed by atoms with E-state index in [0.717, 1.165) is 16.1 Å². The van der Waals surface area contributed by atoms with Crippen molar-refractivity contribution in [2.24, 2.45) is 0 Å². The molecule has 3 nitrogen and oxygen atoms in total. The van der Waals surface area contributed by atoms with Crippen LogP contribution in [0.1, 0.15) is 22.2 Å². The maximum absolute atomic E-state index is 10.0. The zero-order valence-corrected chi connectivity index (χ0v) is 8.53. The van der Waals surface area contributed by atoms with Crippen LogP contribution in [0, 0.1) is 6.92 Å². The molecule has 1 unspecified atom stereocenters. The van der Waals surface area contributed by atoms with Crippen LogP contribution in [0.25, 0.3) is 0 Å². The van der Waals surface area contributed by atoms with Gasteiger partial charge >= 0.3 is 0 Å². The molecule has 14 heavy (non-hydrogen) atoms. The summed E-state index contributed by atoms with van der Waals surface area (Å²) < 4.78 is 0. The molecule has 2 aromatic heterocycles. The molecule has 2 heterocycles. The van der Waals surface area contributed by atoms with Gasteiger partial charge in [0.1, 0.15) is 6.10 Å². The molecule has 2 aromatic rings. The van der Waals surface area contributed by atoms with Crippen LogP contribution in [0.3, 0.4) is 0 Å². The van der Waals surface area contributed by atoms with Crippen molar-refractivity contribution in [3.8, 4) is 0 Å². The van der Waals surface area contributed by atoms with E-state index in [0.29, 0.717) is 0 Å². The second kappa shape index (κ2) is 3.86. The van der Waals surface area contributed by atoms with Gasteiger partial charge < -0.3 is 5.11 Å². The monoisotopic (exact) mass is 206 g/mol. The topological polar surface area (TPSA) is 46.0 Å². The molecule has 0 saturated heterocycles. The fraction of sp³-hybridized carbons (Fsp3) is 0.200. The van der Waals surface area contributed by atoms with E-state index < -0.39 is 6.10 Å². The summed E-state index contributed by atoms with van der Waals surface area (Å²) in [4.78, 5) is 8.91. The van der Waals surface area contributed by atoms with E-state index in [1.54, 1.807) is 17.9 Å². The van der Waals surface area contributed by atoms with Gasteiger partial charge in [-0.05, 0) is 24.6 Å². The maximum Gasteiger partial charge on any atom is 0.115 e. The molecule has 0 aliphatic carbocycles. The number of thiazole rings is 1. The molecule has 72 valence electrons. The summed E-state index contributed by atoms with van der Waals surface area (Å²) in [6.07, 6.45) is 2.77. The van der Waals surface area contributed by atoms with Crippen LogP contribution in [-0.4, -0.2) is 15.1 Å². The summed E-state index contributed by atoms with van der Waals surface area (Å²) in [5.74, 6) is 0. The highest BCUT2D eigenvalue weighted by atomic mass is 32.1. The predicted molar refractivity (Wildman–Crippen MR) is 55.1 cm³/mol. The summed E-state index contributed by atoms with van der Waals surface area (Å²) in [7, 11) is 0. The molecule has 1 N–H and O–H groups in total. The van der Waals surface area contributed by atoms with Crippen molar-refractivity contribution in [1.29, 1.82) is 0 Å². The number of aliphatic hydroxyl groups is 1. The molecule has 1 atom stereocenters. The highest BCUT2D eigenvalue weighted by Crippen LogP contribution is 2.26. The highest BCUT2D eigenvalue weighted by Gasteiger charge is 2.14. The molecule has 0 amide bonds. The van der Waals surface area contributed by atoms with Crippen LogP contribution in [-0.2, 0) is 0 Å². The minimum Gasteiger partial charge on any atom is -0.383 e. The average molecular weight is 206 g/mol. The summed E-state index contributed by atoms with van der Waals surface area (Å²) >= 11 is 1.47. The zero-order chi connectivity index (χ0) is 9.97. The van der Waals surface area contributed by atoms with Crippen LogP contribution >= 0.6 is 11.3 Å². The number of aryl methyl sites for hydroxylation is 1. The van der Waals surface area contributed by atoms with Gasteiger partial charge in [-0.2, -0.15) is 0 Å². The first kappa shape index (κ1) is 9.30. The molecule has 2 rings (SSSR count). The Balaban J connectivity index is 2.34. The molecule has 0 aliphatic heterocycles. The van der Waals surface area contributed by atoms with Crippen molar-refractivity contribution < 1.29 is 5.11 Å². The standard InChI is InChI=1S/C10H10N2OS/c1-7-10(14-6-12-7)9(13)8-2-4-11-5-3-8/h2-6,9,13H,1H3. The number of aromatic nitrogens is 2. The Hall–Kier alpha value is -1.26. The van der Waals surface area contributed by atoms with E-state index in [-0.39, 0.29) is 0 Å². The van der Waals surface area contributed by atoms with Gasteiger partial charge in [-0.15, -0.1) is 11.3 Å². The van der Waals surface area contributed by atoms with Crippen molar-refractivity contribution in [3.05, 3.63) is 46.2 Å². The molecule has 0 aliphatic rings. The SMILES string of the molecule is Cc1ncsc1C(O)c1ccncc1. The van der Waals surface area contributed by atoms with Crippen LogP contribution in [0.2, 0.25) is 0 Å². The first-order valence-corrected chi connectivity index (χ1v) is 5.15. The molecule has 0 aromatic carbocycles. The van der Waals surface area contributed by atoms with Gasteiger partial charge in [0, 0.05) is 12.4 Å². The quantitative estimate of drug-likeness (QED) is 0.816. The van der Waals surface area contributed by atoms with Gasteiger partial charge in [0.2, 0.25) is 0 Å². The van der Waals surface area contributed by atoms with E-state index >= 15 is 0 Å². The van der Waals surface area contributed by atoms with Gasteiger partial charge in [0.05, 0.1) is 16.1 Å². The lowest BCUT2D eigenvalue weighted by Crippen LogP contribution is -1.98. The van der Waals surface area contributed by atoms with Crippen molar-refractivity contribution in [3.63, 3.8) is 0 Å². The Kier molecular flexibility index (Phi) is 2.56. The van der Waals surface area contributed by atoms with Gasteiger partial charge in [-0.25, -0.2) is 4.98 Å². The van der Waals surface area contributed by atoms with E-state index in [1.165, 1.54) is 11.3 Å². The summed E-state index contributed by atoms with van der Waals surface area (Å²) in [5, 5.41) is 10.0. The minimum absolute atomic E-state index is 0.578. The Morgan fingerprint density at radius 1 is 1.36 bits per heavy atom. The Morgan fingerprint density at radius 3 is 2.64 bits per heavy atom. The van der Waals surface area contributed by atoms with Crippen molar-refractivity contribution in [2.75, 3.05) is 0 Å². The number of hydrogen-bond acceptors (Lipinski definition) is 4. The second-order valence-electron chi connectivity index (χ2n) is 2.99. The lowest BCUT2D eigenvalue weighted by atomic mass is 10.1. The molecule has 0 saturated carbocycles. The fourth-order valence-corrected chi connectivity index (χ4v) is 2.08. The normalized spacial score (nSPS) is 12.7. The van der Waals surface area contributed by atoms with Gasteiger partial charge in [0.25, 0.3) is 0 Å². The highest BCUT2D eigenvalue weighted by molar-refractivity contribution is 7.09. The summed E-state index contributed by atoms with van der Waals surface area (Å²) in [6, 6.07) is 3.62. The Morgan fingerprint density at radius 2 is 2.07 bits per heavy atom. The van der Waals surface area contributed by atoms with Crippen molar-refractivity contribution in [1.82, 2.24) is 9.97 Å². The molecular weight excluding hydrogens is 196 g/mol. The first-order chi connectivity index (χ1) is 6.79. The number of aliphatic hydroxyl groups excluding tert-OH is 1. The van der Waals surface area contributed by atoms with Gasteiger partial charge in [-0.1, -0.05) is 0 Å². The molecule has 4 heteroatoms. The maximum atomic E-state index is 10.0. The zero-order valence-electron chi connectivity index (χ0n) is 7.71. The molecule has 0 spiro atoms. The predicted octanol–water partition coefficient (Wildman–Crippen LogP) is 1.93. The summed E-state index contributed by atoms with van der Waals surface area (Å²) in [6.45, 7) is 1.90. The van der Waals surface area contributed by atoms with Crippen molar-refractivity contribution in [2.45, 2.75) is 13.0 Å². The first-order valence-electron chi connectivity index (χ1n) is 4.27. The van der Waals surface area contributed by atoms with E-state index in [9.17, 15) is 5.11 Å². The molecular formula is C10H10N2OS. The Labute approximate surface area is 86.1 Å². The minimum atomic E-state index is -0.578. The third-order valence-corrected chi connectivity index (χ3v) is 3.04. The fourth-order valence-electron chi connectivity index (χ4n) is 1.27. The van der Waals surface area contributed by atoms with Crippen LogP contribution < -0.4 is 0 Å². The van der Waals surface area contributed by atoms with E-state index in [1.807, 2.05) is 19.1 Å². The molecule has 0 radical (unpaired) electrons.